The Hall–Kier alpha value is -1.40. The molecule has 1 aliphatic carbocycles. The van der Waals surface area contributed by atoms with E-state index in [4.69, 9.17) is 30.7 Å². The Bertz CT molecular complexity index is 1000. The molecule has 13 heteroatoms. The van der Waals surface area contributed by atoms with Crippen molar-refractivity contribution >= 4 is 25.9 Å². The first-order valence-electron chi connectivity index (χ1n) is 10.2. The molecule has 4 rings (SSSR count). The largest absolute Gasteiger partial charge is 0.461 e. The van der Waals surface area contributed by atoms with Crippen LogP contribution in [0.4, 0.5) is 0 Å². The summed E-state index contributed by atoms with van der Waals surface area (Å²) < 4.78 is 36.9. The van der Waals surface area contributed by atoms with Crippen molar-refractivity contribution in [1.82, 2.24) is 14.6 Å². The van der Waals surface area contributed by atoms with Crippen LogP contribution in [0.25, 0.3) is 0 Å². The van der Waals surface area contributed by atoms with Gasteiger partial charge < -0.3 is 14.6 Å². The Kier molecular flexibility index (Phi) is 6.25. The second-order valence-electron chi connectivity index (χ2n) is 8.28. The quantitative estimate of drug-likeness (QED) is 0.326. The maximum Gasteiger partial charge on any atom is 0.406 e. The summed E-state index contributed by atoms with van der Waals surface area (Å²) in [7, 11) is -3.94. The van der Waals surface area contributed by atoms with E-state index >= 15 is 0 Å². The molecule has 31 heavy (non-hydrogen) atoms. The van der Waals surface area contributed by atoms with Crippen LogP contribution in [0.1, 0.15) is 45.8 Å². The molecule has 3 aliphatic rings. The van der Waals surface area contributed by atoms with E-state index < -0.39 is 43.8 Å². The minimum absolute atomic E-state index is 0.0573. The van der Waals surface area contributed by atoms with Crippen LogP contribution in [0.15, 0.2) is 17.1 Å². The minimum Gasteiger partial charge on any atom is -0.461 e. The third-order valence-corrected chi connectivity index (χ3v) is 7.78. The van der Waals surface area contributed by atoms with Crippen molar-refractivity contribution in [2.45, 2.75) is 75.7 Å². The predicted molar refractivity (Wildman–Crippen MR) is 110 cm³/mol. The number of nitrogens with one attached hydrogen (secondary N) is 2. The number of fused-ring (bicyclic) bond motifs is 1. The van der Waals surface area contributed by atoms with Crippen LogP contribution in [-0.4, -0.2) is 57.2 Å². The normalized spacial score (nSPS) is 36.8. The number of aromatic amines is 1. The molecule has 2 aliphatic heterocycles. The molecule has 0 amide bonds. The van der Waals surface area contributed by atoms with Gasteiger partial charge in [0.15, 0.2) is 11.0 Å². The Morgan fingerprint density at radius 1 is 1.48 bits per heavy atom. The number of hydrogen-bond donors (Lipinski definition) is 3. The number of nitrogens with zero attached hydrogens (tertiary/aromatic N) is 1. The maximum atomic E-state index is 13.2. The lowest BCUT2D eigenvalue weighted by atomic mass is 9.96. The number of aliphatic hydroxyl groups is 1. The number of aromatic nitrogens is 2. The van der Waals surface area contributed by atoms with Gasteiger partial charge in [-0.25, -0.2) is 9.65 Å². The van der Waals surface area contributed by atoms with E-state index in [0.29, 0.717) is 0 Å². The molecule has 0 spiro atoms. The van der Waals surface area contributed by atoms with E-state index in [1.54, 1.807) is 0 Å². The molecule has 2 unspecified atom stereocenters. The Balaban J connectivity index is 1.46. The van der Waals surface area contributed by atoms with Gasteiger partial charge in [0.25, 0.3) is 5.56 Å². The van der Waals surface area contributed by atoms with Crippen LogP contribution in [0, 0.1) is 4.77 Å². The van der Waals surface area contributed by atoms with Crippen LogP contribution < -0.4 is 10.6 Å². The zero-order valence-corrected chi connectivity index (χ0v) is 18.9. The van der Waals surface area contributed by atoms with Crippen LogP contribution in [0.5, 0.6) is 0 Å². The number of carbonyl (C=O) groups excluding carboxylic acids is 1. The van der Waals surface area contributed by atoms with Gasteiger partial charge in [0.05, 0.1) is 6.61 Å². The molecule has 0 aromatic carbocycles. The maximum absolute atomic E-state index is 13.2. The van der Waals surface area contributed by atoms with Gasteiger partial charge in [-0.05, 0) is 51.7 Å². The number of rotatable bonds is 5. The third-order valence-electron chi connectivity index (χ3n) is 5.77. The van der Waals surface area contributed by atoms with Gasteiger partial charge in [0.2, 0.25) is 0 Å². The molecule has 11 nitrogen and oxygen atoms in total. The number of carbonyl (C=O) groups is 1. The molecule has 1 aromatic heterocycles. The van der Waals surface area contributed by atoms with Gasteiger partial charge in [0.1, 0.15) is 30.0 Å². The highest BCUT2D eigenvalue weighted by molar-refractivity contribution is 7.71. The van der Waals surface area contributed by atoms with Crippen molar-refractivity contribution < 1.29 is 33.0 Å². The average Bonchev–Trinajstić information content (AvgIpc) is 3.28. The fourth-order valence-corrected chi connectivity index (χ4v) is 6.16. The predicted octanol–water partition coefficient (Wildman–Crippen LogP) is 1.54. The number of ether oxygens (including phenoxy) is 2. The monoisotopic (exact) mass is 475 g/mol. The van der Waals surface area contributed by atoms with Crippen molar-refractivity contribution in [3.05, 3.63) is 27.4 Å². The molecular weight excluding hydrogens is 449 g/mol. The standard InChI is InChI=1S/C18H26N3O8PS/c1-10(15(23)27-11-5-3-4-6-11)20-30(25)26-9-12-14(29-30)18(2,24)16(28-12)21-8-7-13(22)19-17(21)31/h7-8,10-12,14,16,24H,3-6,9H2,1-2H3,(H,20,25)(H,19,22,31)/t10-,12+,14-,16+,18?,30?/m0/s1. The molecule has 0 bridgehead atoms. The molecule has 172 valence electrons. The molecule has 6 atom stereocenters. The summed E-state index contributed by atoms with van der Waals surface area (Å²) in [5.41, 5.74) is -2.04. The third kappa shape index (κ3) is 4.56. The fraction of sp³-hybridized carbons (Fsp3) is 0.722. The Labute approximate surface area is 183 Å². The van der Waals surface area contributed by atoms with Crippen molar-refractivity contribution in [3.8, 4) is 0 Å². The van der Waals surface area contributed by atoms with E-state index in [-0.39, 0.29) is 23.0 Å². The number of hydrogen-bond acceptors (Lipinski definition) is 9. The smallest absolute Gasteiger partial charge is 0.406 e. The van der Waals surface area contributed by atoms with Crippen molar-refractivity contribution in [2.24, 2.45) is 0 Å². The van der Waals surface area contributed by atoms with Crippen LogP contribution in [-0.2, 0) is 27.9 Å². The number of H-pyrrole nitrogens is 1. The highest BCUT2D eigenvalue weighted by atomic mass is 32.1. The molecule has 0 radical (unpaired) electrons. The summed E-state index contributed by atoms with van der Waals surface area (Å²) in [4.78, 5) is 26.3. The molecule has 2 saturated heterocycles. The van der Waals surface area contributed by atoms with Gasteiger partial charge in [-0.3, -0.25) is 28.2 Å². The first-order chi connectivity index (χ1) is 14.6. The summed E-state index contributed by atoms with van der Waals surface area (Å²) in [6.07, 6.45) is 2.18. The van der Waals surface area contributed by atoms with Crippen LogP contribution in [0.2, 0.25) is 0 Å². The summed E-state index contributed by atoms with van der Waals surface area (Å²) in [6.45, 7) is 2.84. The van der Waals surface area contributed by atoms with Crippen molar-refractivity contribution in [2.75, 3.05) is 6.61 Å². The molecule has 1 saturated carbocycles. The first kappa shape index (κ1) is 22.8. The van der Waals surface area contributed by atoms with E-state index in [0.717, 1.165) is 25.7 Å². The summed E-state index contributed by atoms with van der Waals surface area (Å²) in [6, 6.07) is 0.317. The van der Waals surface area contributed by atoms with Crippen molar-refractivity contribution in [1.29, 1.82) is 0 Å². The zero-order valence-electron chi connectivity index (χ0n) is 17.2. The van der Waals surface area contributed by atoms with Crippen molar-refractivity contribution in [3.63, 3.8) is 0 Å². The Morgan fingerprint density at radius 3 is 2.87 bits per heavy atom. The van der Waals surface area contributed by atoms with E-state index in [9.17, 15) is 19.3 Å². The summed E-state index contributed by atoms with van der Waals surface area (Å²) >= 11 is 5.16. The minimum atomic E-state index is -3.94. The number of esters is 1. The lowest BCUT2D eigenvalue weighted by Crippen LogP contribution is -2.49. The van der Waals surface area contributed by atoms with E-state index in [1.165, 1.54) is 30.7 Å². The first-order valence-corrected chi connectivity index (χ1v) is 12.1. The van der Waals surface area contributed by atoms with Crippen LogP contribution >= 0.6 is 20.0 Å². The SMILES string of the molecule is C[C@H](NP1(=O)OC[C@H]2O[C@@H](n3ccc(=O)[nH]c3=S)C(C)(O)[C@H]2O1)C(=O)OC1CCCC1. The molecule has 3 N–H and O–H groups in total. The second-order valence-corrected chi connectivity index (χ2v) is 10.4. The average molecular weight is 475 g/mol. The summed E-state index contributed by atoms with van der Waals surface area (Å²) in [5, 5.41) is 13.7. The molecule has 1 aromatic rings. The van der Waals surface area contributed by atoms with Gasteiger partial charge in [-0.2, -0.15) is 0 Å². The van der Waals surface area contributed by atoms with Gasteiger partial charge in [0, 0.05) is 12.3 Å². The highest BCUT2D eigenvalue weighted by Crippen LogP contribution is 2.55. The summed E-state index contributed by atoms with van der Waals surface area (Å²) in [5.74, 6) is -0.539. The van der Waals surface area contributed by atoms with Gasteiger partial charge in [-0.15, -0.1) is 0 Å². The zero-order chi connectivity index (χ0) is 22.4. The van der Waals surface area contributed by atoms with Gasteiger partial charge in [-0.1, -0.05) is 0 Å². The van der Waals surface area contributed by atoms with E-state index in [1.807, 2.05) is 0 Å². The second kappa shape index (κ2) is 8.51. The Morgan fingerprint density at radius 2 is 2.19 bits per heavy atom. The lowest BCUT2D eigenvalue weighted by molar-refractivity contribution is -0.150. The van der Waals surface area contributed by atoms with Gasteiger partial charge >= 0.3 is 13.7 Å². The highest BCUT2D eigenvalue weighted by Gasteiger charge is 2.59. The molecule has 3 fully saturated rings. The van der Waals surface area contributed by atoms with E-state index in [2.05, 4.69) is 10.1 Å². The fourth-order valence-electron chi connectivity index (χ4n) is 4.13. The van der Waals surface area contributed by atoms with Crippen LogP contribution in [0.3, 0.4) is 0 Å². The topological polar surface area (TPSA) is 141 Å². The molecule has 3 heterocycles. The molecular formula is C18H26N3O8PS. The lowest BCUT2D eigenvalue weighted by Gasteiger charge is -2.36.